The number of piperazine rings is 1. The van der Waals surface area contributed by atoms with Crippen molar-refractivity contribution in [2.24, 2.45) is 0 Å². The molecule has 1 N–H and O–H groups in total. The second kappa shape index (κ2) is 8.68. The van der Waals surface area contributed by atoms with E-state index in [-0.39, 0.29) is 17.7 Å². The zero-order valence-electron chi connectivity index (χ0n) is 16.0. The van der Waals surface area contributed by atoms with Crippen LogP contribution in [0.2, 0.25) is 5.02 Å². The summed E-state index contributed by atoms with van der Waals surface area (Å²) >= 11 is 6.09. The Morgan fingerprint density at radius 2 is 1.38 bits per heavy atom. The summed E-state index contributed by atoms with van der Waals surface area (Å²) in [4.78, 5) is 17.0. The molecule has 5 heteroatoms. The van der Waals surface area contributed by atoms with Crippen molar-refractivity contribution >= 4 is 17.5 Å². The Hall–Kier alpha value is -2.82. The van der Waals surface area contributed by atoms with E-state index in [0.717, 1.165) is 18.1 Å². The van der Waals surface area contributed by atoms with Crippen LogP contribution in [0.15, 0.2) is 78.9 Å². The fourth-order valence-electron chi connectivity index (χ4n) is 3.90. The minimum absolute atomic E-state index is 0.0308. The van der Waals surface area contributed by atoms with Crippen LogP contribution in [0.4, 0.5) is 0 Å². The Morgan fingerprint density at radius 3 is 2.03 bits per heavy atom. The Labute approximate surface area is 176 Å². The normalized spacial score (nSPS) is 15.8. The summed E-state index contributed by atoms with van der Waals surface area (Å²) < 4.78 is 0. The van der Waals surface area contributed by atoms with Crippen LogP contribution in [-0.4, -0.2) is 47.0 Å². The zero-order valence-corrected chi connectivity index (χ0v) is 16.8. The summed E-state index contributed by atoms with van der Waals surface area (Å²) in [6.07, 6.45) is 0. The summed E-state index contributed by atoms with van der Waals surface area (Å²) in [6.45, 7) is 2.73. The van der Waals surface area contributed by atoms with Crippen LogP contribution in [0, 0.1) is 0 Å². The highest BCUT2D eigenvalue weighted by atomic mass is 35.5. The van der Waals surface area contributed by atoms with E-state index < -0.39 is 0 Å². The van der Waals surface area contributed by atoms with Crippen LogP contribution in [0.1, 0.15) is 27.5 Å². The third-order valence-electron chi connectivity index (χ3n) is 5.40. The molecule has 0 aromatic heterocycles. The molecule has 29 heavy (non-hydrogen) atoms. The Balaban J connectivity index is 1.53. The highest BCUT2D eigenvalue weighted by Crippen LogP contribution is 2.31. The molecule has 4 nitrogen and oxygen atoms in total. The number of phenolic OH excluding ortho intramolecular Hbond substituents is 1. The van der Waals surface area contributed by atoms with Crippen molar-refractivity contribution in [2.45, 2.75) is 6.04 Å². The lowest BCUT2D eigenvalue weighted by Crippen LogP contribution is -2.49. The molecule has 0 aliphatic carbocycles. The molecule has 1 aliphatic rings. The first-order valence-corrected chi connectivity index (χ1v) is 10.1. The molecule has 148 valence electrons. The molecule has 1 amide bonds. The molecule has 0 saturated carbocycles. The van der Waals surface area contributed by atoms with E-state index in [9.17, 15) is 9.90 Å². The Morgan fingerprint density at radius 1 is 0.793 bits per heavy atom. The number of halogens is 1. The quantitative estimate of drug-likeness (QED) is 0.689. The molecule has 3 aromatic carbocycles. The number of para-hydroxylation sites is 1. The van der Waals surface area contributed by atoms with Gasteiger partial charge in [0.25, 0.3) is 5.91 Å². The molecule has 3 aromatic rings. The maximum absolute atomic E-state index is 12.8. The molecule has 1 heterocycles. The second-order valence-corrected chi connectivity index (χ2v) is 7.65. The minimum atomic E-state index is -0.120. The minimum Gasteiger partial charge on any atom is -0.507 e. The predicted octanol–water partition coefficient (Wildman–Crippen LogP) is 4.59. The van der Waals surface area contributed by atoms with Crippen molar-refractivity contribution in [3.8, 4) is 5.75 Å². The van der Waals surface area contributed by atoms with E-state index in [0.29, 0.717) is 18.7 Å². The molecule has 0 radical (unpaired) electrons. The van der Waals surface area contributed by atoms with Gasteiger partial charge in [-0.3, -0.25) is 9.69 Å². The number of phenols is 1. The van der Waals surface area contributed by atoms with Gasteiger partial charge in [-0.05, 0) is 35.4 Å². The number of carbonyl (C=O) groups excluding carboxylic acids is 1. The van der Waals surface area contributed by atoms with Gasteiger partial charge in [0.2, 0.25) is 0 Å². The molecule has 0 spiro atoms. The SMILES string of the molecule is O=C(c1ccccc1O)N1CCN([C@H](c2ccccc2)c2ccc(Cl)cc2)CC1. The lowest BCUT2D eigenvalue weighted by molar-refractivity contribution is 0.0594. The van der Waals surface area contributed by atoms with Gasteiger partial charge in [0.15, 0.2) is 0 Å². The van der Waals surface area contributed by atoms with Gasteiger partial charge in [-0.2, -0.15) is 0 Å². The number of hydrogen-bond acceptors (Lipinski definition) is 3. The van der Waals surface area contributed by atoms with E-state index in [1.54, 1.807) is 24.3 Å². The van der Waals surface area contributed by atoms with Crippen molar-refractivity contribution in [1.29, 1.82) is 0 Å². The van der Waals surface area contributed by atoms with E-state index in [2.05, 4.69) is 41.3 Å². The summed E-state index contributed by atoms with van der Waals surface area (Å²) in [5.41, 5.74) is 2.76. The van der Waals surface area contributed by atoms with Crippen molar-refractivity contribution in [2.75, 3.05) is 26.2 Å². The lowest BCUT2D eigenvalue weighted by Gasteiger charge is -2.40. The third kappa shape index (κ3) is 4.29. The average molecular weight is 407 g/mol. The third-order valence-corrected chi connectivity index (χ3v) is 5.65. The van der Waals surface area contributed by atoms with E-state index in [1.807, 2.05) is 23.1 Å². The van der Waals surface area contributed by atoms with Crippen molar-refractivity contribution in [3.63, 3.8) is 0 Å². The fraction of sp³-hybridized carbons (Fsp3) is 0.208. The summed E-state index contributed by atoms with van der Waals surface area (Å²) in [5.74, 6) is -0.0891. The lowest BCUT2D eigenvalue weighted by atomic mass is 9.96. The topological polar surface area (TPSA) is 43.8 Å². The number of aromatic hydroxyl groups is 1. The van der Waals surface area contributed by atoms with Crippen LogP contribution in [-0.2, 0) is 0 Å². The van der Waals surface area contributed by atoms with Crippen LogP contribution >= 0.6 is 11.6 Å². The van der Waals surface area contributed by atoms with Crippen molar-refractivity contribution in [3.05, 3.63) is 101 Å². The molecule has 0 unspecified atom stereocenters. The summed E-state index contributed by atoms with van der Waals surface area (Å²) in [6, 6.07) is 25.2. The molecule has 1 fully saturated rings. The number of hydrogen-bond donors (Lipinski definition) is 1. The number of carbonyl (C=O) groups is 1. The van der Waals surface area contributed by atoms with Gasteiger partial charge in [-0.15, -0.1) is 0 Å². The molecule has 0 bridgehead atoms. The van der Waals surface area contributed by atoms with Gasteiger partial charge in [0.1, 0.15) is 5.75 Å². The number of amides is 1. The van der Waals surface area contributed by atoms with Gasteiger partial charge in [0.05, 0.1) is 11.6 Å². The zero-order chi connectivity index (χ0) is 20.2. The first-order chi connectivity index (χ1) is 14.1. The molecule has 1 atom stereocenters. The van der Waals surface area contributed by atoms with Crippen LogP contribution in [0.5, 0.6) is 5.75 Å². The average Bonchev–Trinajstić information content (AvgIpc) is 2.76. The van der Waals surface area contributed by atoms with Crippen LogP contribution in [0.3, 0.4) is 0 Å². The van der Waals surface area contributed by atoms with E-state index >= 15 is 0 Å². The van der Waals surface area contributed by atoms with E-state index in [1.165, 1.54) is 11.1 Å². The molecule has 1 aliphatic heterocycles. The maximum Gasteiger partial charge on any atom is 0.257 e. The fourth-order valence-corrected chi connectivity index (χ4v) is 4.03. The predicted molar refractivity (Wildman–Crippen MR) is 115 cm³/mol. The first-order valence-electron chi connectivity index (χ1n) is 9.75. The van der Waals surface area contributed by atoms with Crippen LogP contribution in [0.25, 0.3) is 0 Å². The van der Waals surface area contributed by atoms with E-state index in [4.69, 9.17) is 11.6 Å². The number of nitrogens with zero attached hydrogens (tertiary/aromatic N) is 2. The highest BCUT2D eigenvalue weighted by Gasteiger charge is 2.29. The summed E-state index contributed by atoms with van der Waals surface area (Å²) in [7, 11) is 0. The Kier molecular flexibility index (Phi) is 5.84. The standard InChI is InChI=1S/C24H23ClN2O2/c25-20-12-10-19(11-13-20)23(18-6-2-1-3-7-18)26-14-16-27(17-15-26)24(29)21-8-4-5-9-22(21)28/h1-13,23,28H,14-17H2/t23-/m1/s1. The van der Waals surface area contributed by atoms with Gasteiger partial charge < -0.3 is 10.0 Å². The highest BCUT2D eigenvalue weighted by molar-refractivity contribution is 6.30. The van der Waals surface area contributed by atoms with Gasteiger partial charge in [-0.1, -0.05) is 66.2 Å². The van der Waals surface area contributed by atoms with Crippen LogP contribution < -0.4 is 0 Å². The Bertz CT molecular complexity index is 968. The number of benzene rings is 3. The molecular weight excluding hydrogens is 384 g/mol. The van der Waals surface area contributed by atoms with Gasteiger partial charge in [0, 0.05) is 31.2 Å². The molecular formula is C24H23ClN2O2. The second-order valence-electron chi connectivity index (χ2n) is 7.21. The largest absolute Gasteiger partial charge is 0.507 e. The van der Waals surface area contributed by atoms with Crippen molar-refractivity contribution < 1.29 is 9.90 Å². The van der Waals surface area contributed by atoms with Crippen molar-refractivity contribution in [1.82, 2.24) is 9.80 Å². The monoisotopic (exact) mass is 406 g/mol. The maximum atomic E-state index is 12.8. The molecule has 4 rings (SSSR count). The summed E-state index contributed by atoms with van der Waals surface area (Å²) in [5, 5.41) is 10.7. The smallest absolute Gasteiger partial charge is 0.257 e. The van der Waals surface area contributed by atoms with Gasteiger partial charge in [-0.25, -0.2) is 0 Å². The number of rotatable bonds is 4. The molecule has 1 saturated heterocycles. The first kappa shape index (κ1) is 19.5. The van der Waals surface area contributed by atoms with Gasteiger partial charge >= 0.3 is 0 Å².